The van der Waals surface area contributed by atoms with Gasteiger partial charge in [-0.2, -0.15) is 0 Å². The Morgan fingerprint density at radius 1 is 0.853 bits per heavy atom. The second-order valence-electron chi connectivity index (χ2n) is 8.65. The third-order valence-electron chi connectivity index (χ3n) is 6.59. The number of ether oxygens (including phenoxy) is 1. The molecule has 4 aromatic rings. The van der Waals surface area contributed by atoms with Gasteiger partial charge in [0.25, 0.3) is 0 Å². The lowest BCUT2D eigenvalue weighted by molar-refractivity contribution is -0.139. The van der Waals surface area contributed by atoms with Crippen LogP contribution in [0.25, 0.3) is 21.9 Å². The van der Waals surface area contributed by atoms with Crippen molar-refractivity contribution >= 4 is 22.8 Å². The minimum absolute atomic E-state index is 0.0810. The molecule has 0 radical (unpaired) electrons. The molecular formula is C29H25NO4. The zero-order valence-electron chi connectivity index (χ0n) is 18.8. The number of carbonyl (C=O) groups excluding carboxylic acids is 1. The van der Waals surface area contributed by atoms with E-state index in [1.807, 2.05) is 79.7 Å². The highest BCUT2D eigenvalue weighted by Crippen LogP contribution is 2.44. The van der Waals surface area contributed by atoms with Crippen LogP contribution < -0.4 is 5.32 Å². The molecule has 4 aromatic carbocycles. The third kappa shape index (κ3) is 4.01. The van der Waals surface area contributed by atoms with Crippen molar-refractivity contribution in [3.05, 3.63) is 107 Å². The third-order valence-corrected chi connectivity index (χ3v) is 6.59. The van der Waals surface area contributed by atoms with Gasteiger partial charge in [-0.15, -0.1) is 0 Å². The highest BCUT2D eigenvalue weighted by atomic mass is 16.5. The van der Waals surface area contributed by atoms with Crippen molar-refractivity contribution in [2.24, 2.45) is 0 Å². The average molecular weight is 452 g/mol. The molecule has 1 aliphatic carbocycles. The molecule has 0 unspecified atom stereocenters. The van der Waals surface area contributed by atoms with Crippen LogP contribution >= 0.6 is 0 Å². The molecule has 0 aliphatic heterocycles. The van der Waals surface area contributed by atoms with E-state index in [0.29, 0.717) is 0 Å². The Labute approximate surface area is 198 Å². The highest BCUT2D eigenvalue weighted by Gasteiger charge is 2.30. The van der Waals surface area contributed by atoms with Crippen LogP contribution in [0.2, 0.25) is 0 Å². The first kappa shape index (κ1) is 21.7. The number of alkyl carbamates (subject to hydrolysis) is 1. The molecule has 5 rings (SSSR count). The molecule has 5 nitrogen and oxygen atoms in total. The summed E-state index contributed by atoms with van der Waals surface area (Å²) in [5, 5.41) is 14.4. The average Bonchev–Trinajstić information content (AvgIpc) is 3.18. The van der Waals surface area contributed by atoms with E-state index in [9.17, 15) is 14.7 Å². The van der Waals surface area contributed by atoms with Gasteiger partial charge in [0.1, 0.15) is 12.6 Å². The number of aryl methyl sites for hydroxylation is 1. The number of benzene rings is 4. The summed E-state index contributed by atoms with van der Waals surface area (Å²) < 4.78 is 5.55. The molecule has 0 bridgehead atoms. The number of rotatable bonds is 6. The van der Waals surface area contributed by atoms with Crippen LogP contribution in [-0.4, -0.2) is 29.8 Å². The van der Waals surface area contributed by atoms with Crippen LogP contribution in [-0.2, 0) is 16.0 Å². The van der Waals surface area contributed by atoms with Gasteiger partial charge >= 0.3 is 12.1 Å². The monoisotopic (exact) mass is 451 g/mol. The van der Waals surface area contributed by atoms with Gasteiger partial charge in [0.05, 0.1) is 0 Å². The fraction of sp³-hybridized carbons (Fsp3) is 0.172. The Balaban J connectivity index is 1.30. The fourth-order valence-electron chi connectivity index (χ4n) is 4.89. The van der Waals surface area contributed by atoms with E-state index >= 15 is 0 Å². The maximum Gasteiger partial charge on any atom is 0.407 e. The summed E-state index contributed by atoms with van der Waals surface area (Å²) in [6.45, 7) is 2.16. The number of amides is 1. The van der Waals surface area contributed by atoms with Crippen molar-refractivity contribution in [3.63, 3.8) is 0 Å². The number of carbonyl (C=O) groups is 2. The topological polar surface area (TPSA) is 75.6 Å². The zero-order chi connectivity index (χ0) is 23.7. The minimum Gasteiger partial charge on any atom is -0.480 e. The molecule has 2 N–H and O–H groups in total. The van der Waals surface area contributed by atoms with E-state index in [4.69, 9.17) is 4.74 Å². The van der Waals surface area contributed by atoms with E-state index in [2.05, 4.69) is 17.4 Å². The predicted molar refractivity (Wildman–Crippen MR) is 132 cm³/mol. The Bertz CT molecular complexity index is 1350. The van der Waals surface area contributed by atoms with Crippen molar-refractivity contribution in [2.75, 3.05) is 6.61 Å². The van der Waals surface area contributed by atoms with Crippen LogP contribution in [0.5, 0.6) is 0 Å². The molecule has 1 aliphatic rings. The number of hydrogen-bond acceptors (Lipinski definition) is 3. The molecule has 1 amide bonds. The summed E-state index contributed by atoms with van der Waals surface area (Å²) in [5.41, 5.74) is 6.49. The molecule has 0 fully saturated rings. The van der Waals surface area contributed by atoms with E-state index in [0.717, 1.165) is 44.2 Å². The van der Waals surface area contributed by atoms with Crippen LogP contribution in [0.15, 0.2) is 84.9 Å². The standard InChI is InChI=1S/C29H25NO4/c1-18-14-15-19(21-9-3-2-8-20(18)21)16-27(28(31)32)30-29(33)34-17-26-24-12-6-4-10-22(24)23-11-5-7-13-25(23)26/h2-15,26-27H,16-17H2,1H3,(H,30,33)(H,31,32)/t27-/m0/s1. The molecule has 0 heterocycles. The van der Waals surface area contributed by atoms with Gasteiger partial charge in [-0.25, -0.2) is 9.59 Å². The van der Waals surface area contributed by atoms with Crippen LogP contribution in [0.3, 0.4) is 0 Å². The van der Waals surface area contributed by atoms with Gasteiger partial charge < -0.3 is 15.2 Å². The minimum atomic E-state index is -1.10. The number of carboxylic acid groups (broad SMARTS) is 1. The smallest absolute Gasteiger partial charge is 0.407 e. The van der Waals surface area contributed by atoms with E-state index < -0.39 is 18.1 Å². The number of carboxylic acids is 1. The van der Waals surface area contributed by atoms with Crippen molar-refractivity contribution < 1.29 is 19.4 Å². The van der Waals surface area contributed by atoms with Crippen molar-refractivity contribution in [2.45, 2.75) is 25.3 Å². The second kappa shape index (κ2) is 9.02. The van der Waals surface area contributed by atoms with Gasteiger partial charge in [0.2, 0.25) is 0 Å². The van der Waals surface area contributed by atoms with Crippen molar-refractivity contribution in [1.82, 2.24) is 5.32 Å². The molecule has 1 atom stereocenters. The largest absolute Gasteiger partial charge is 0.480 e. The van der Waals surface area contributed by atoms with Crippen LogP contribution in [0, 0.1) is 6.92 Å². The van der Waals surface area contributed by atoms with E-state index in [-0.39, 0.29) is 18.9 Å². The summed E-state index contributed by atoms with van der Waals surface area (Å²) in [7, 11) is 0. The molecule has 170 valence electrons. The zero-order valence-corrected chi connectivity index (χ0v) is 18.8. The Hall–Kier alpha value is -4.12. The quantitative estimate of drug-likeness (QED) is 0.395. The molecule has 5 heteroatoms. The number of fused-ring (bicyclic) bond motifs is 4. The summed E-state index contributed by atoms with van der Waals surface area (Å²) in [6.07, 6.45) is -0.564. The maximum atomic E-state index is 12.6. The lowest BCUT2D eigenvalue weighted by atomic mass is 9.96. The van der Waals surface area contributed by atoms with Gasteiger partial charge in [0.15, 0.2) is 0 Å². The fourth-order valence-corrected chi connectivity index (χ4v) is 4.89. The van der Waals surface area contributed by atoms with Gasteiger partial charge in [-0.05, 0) is 51.1 Å². The maximum absolute atomic E-state index is 12.6. The summed E-state index contributed by atoms with van der Waals surface area (Å²) in [5.74, 6) is -1.18. The number of hydrogen-bond donors (Lipinski definition) is 2. The Kier molecular flexibility index (Phi) is 5.76. The first-order chi connectivity index (χ1) is 16.5. The Morgan fingerprint density at radius 3 is 2.09 bits per heavy atom. The van der Waals surface area contributed by atoms with E-state index in [1.54, 1.807) is 0 Å². The number of nitrogens with one attached hydrogen (secondary N) is 1. The summed E-state index contributed by atoms with van der Waals surface area (Å²) >= 11 is 0. The molecule has 0 aromatic heterocycles. The molecular weight excluding hydrogens is 426 g/mol. The molecule has 34 heavy (non-hydrogen) atoms. The number of aliphatic carboxylic acids is 1. The summed E-state index contributed by atoms with van der Waals surface area (Å²) in [6, 6.07) is 26.9. The van der Waals surface area contributed by atoms with E-state index in [1.165, 1.54) is 0 Å². The van der Waals surface area contributed by atoms with Gasteiger partial charge in [0, 0.05) is 12.3 Å². The first-order valence-corrected chi connectivity index (χ1v) is 11.3. The van der Waals surface area contributed by atoms with Crippen LogP contribution in [0.4, 0.5) is 4.79 Å². The Morgan fingerprint density at radius 2 is 1.44 bits per heavy atom. The molecule has 0 saturated carbocycles. The predicted octanol–water partition coefficient (Wildman–Crippen LogP) is 5.68. The van der Waals surface area contributed by atoms with Crippen LogP contribution in [0.1, 0.15) is 28.2 Å². The van der Waals surface area contributed by atoms with Gasteiger partial charge in [-0.3, -0.25) is 0 Å². The van der Waals surface area contributed by atoms with Crippen molar-refractivity contribution in [1.29, 1.82) is 0 Å². The van der Waals surface area contributed by atoms with Crippen molar-refractivity contribution in [3.8, 4) is 11.1 Å². The molecule has 0 spiro atoms. The highest BCUT2D eigenvalue weighted by molar-refractivity contribution is 5.89. The second-order valence-corrected chi connectivity index (χ2v) is 8.65. The lowest BCUT2D eigenvalue weighted by Crippen LogP contribution is -2.43. The lowest BCUT2D eigenvalue weighted by Gasteiger charge is -2.18. The SMILES string of the molecule is Cc1ccc(C[C@H](NC(=O)OCC2c3ccccc3-c3ccccc32)C(=O)O)c2ccccc12. The normalized spacial score (nSPS) is 13.2. The summed E-state index contributed by atoms with van der Waals surface area (Å²) in [4.78, 5) is 24.6. The molecule has 0 saturated heterocycles. The van der Waals surface area contributed by atoms with Gasteiger partial charge in [-0.1, -0.05) is 84.9 Å². The first-order valence-electron chi connectivity index (χ1n) is 11.3.